The molecule has 0 aromatic rings. The molecule has 13 heavy (non-hydrogen) atoms. The third-order valence-electron chi connectivity index (χ3n) is 2.17. The molecule has 0 spiro atoms. The molecule has 0 fully saturated rings. The highest BCUT2D eigenvalue weighted by Crippen LogP contribution is 2.12. The summed E-state index contributed by atoms with van der Waals surface area (Å²) in [5.74, 6) is 2.88. The minimum atomic E-state index is 0.326. The zero-order valence-corrected chi connectivity index (χ0v) is 9.90. The van der Waals surface area contributed by atoms with Crippen LogP contribution in [0, 0.1) is 5.92 Å². The van der Waals surface area contributed by atoms with E-state index in [-0.39, 0.29) is 0 Å². The van der Waals surface area contributed by atoms with Gasteiger partial charge in [-0.1, -0.05) is 13.8 Å². The molecule has 3 heteroatoms. The van der Waals surface area contributed by atoms with Crippen LogP contribution in [0.2, 0.25) is 0 Å². The molecule has 0 saturated heterocycles. The average molecular weight is 205 g/mol. The first kappa shape index (κ1) is 13.3. The Morgan fingerprint density at radius 1 is 1.46 bits per heavy atom. The molecule has 0 aliphatic heterocycles. The average Bonchev–Trinajstić information content (AvgIpc) is 2.14. The van der Waals surface area contributed by atoms with Crippen molar-refractivity contribution in [1.82, 2.24) is 0 Å². The van der Waals surface area contributed by atoms with Crippen molar-refractivity contribution < 1.29 is 4.74 Å². The molecule has 2 atom stereocenters. The predicted molar refractivity (Wildman–Crippen MR) is 61.2 cm³/mol. The van der Waals surface area contributed by atoms with Gasteiger partial charge in [-0.25, -0.2) is 0 Å². The predicted octanol–water partition coefficient (Wildman–Crippen LogP) is 2.13. The third-order valence-corrected chi connectivity index (χ3v) is 3.48. The van der Waals surface area contributed by atoms with Crippen molar-refractivity contribution in [1.29, 1.82) is 0 Å². The minimum absolute atomic E-state index is 0.326. The van der Waals surface area contributed by atoms with Crippen LogP contribution in [0.25, 0.3) is 0 Å². The fraction of sp³-hybridized carbons (Fsp3) is 1.00. The third kappa shape index (κ3) is 7.35. The summed E-state index contributed by atoms with van der Waals surface area (Å²) in [6.45, 7) is 5.23. The van der Waals surface area contributed by atoms with E-state index in [1.54, 1.807) is 7.11 Å². The zero-order chi connectivity index (χ0) is 10.1. The van der Waals surface area contributed by atoms with Crippen LogP contribution in [0.15, 0.2) is 0 Å². The Morgan fingerprint density at radius 3 is 2.69 bits per heavy atom. The molecule has 0 bridgehead atoms. The number of rotatable bonds is 8. The van der Waals surface area contributed by atoms with Crippen LogP contribution in [0.3, 0.4) is 0 Å². The van der Waals surface area contributed by atoms with E-state index in [0.717, 1.165) is 18.8 Å². The number of ether oxygens (including phenoxy) is 1. The molecule has 0 aliphatic carbocycles. The lowest BCUT2D eigenvalue weighted by Crippen LogP contribution is -2.31. The van der Waals surface area contributed by atoms with E-state index < -0.39 is 0 Å². The maximum atomic E-state index is 6.02. The fourth-order valence-corrected chi connectivity index (χ4v) is 2.10. The lowest BCUT2D eigenvalue weighted by atomic mass is 10.0. The second kappa shape index (κ2) is 8.85. The quantitative estimate of drug-likeness (QED) is 0.617. The van der Waals surface area contributed by atoms with Crippen molar-refractivity contribution in [2.24, 2.45) is 11.7 Å². The van der Waals surface area contributed by atoms with Gasteiger partial charge in [-0.3, -0.25) is 0 Å². The Hall–Kier alpha value is 0.270. The van der Waals surface area contributed by atoms with Crippen LogP contribution >= 0.6 is 11.8 Å². The number of hydrogen-bond acceptors (Lipinski definition) is 3. The molecule has 2 unspecified atom stereocenters. The van der Waals surface area contributed by atoms with Crippen LogP contribution in [-0.4, -0.2) is 31.3 Å². The van der Waals surface area contributed by atoms with E-state index in [4.69, 9.17) is 10.5 Å². The Morgan fingerprint density at radius 2 is 2.15 bits per heavy atom. The smallest absolute Gasteiger partial charge is 0.0465 e. The van der Waals surface area contributed by atoms with Crippen molar-refractivity contribution >= 4 is 11.8 Å². The van der Waals surface area contributed by atoms with Crippen LogP contribution < -0.4 is 5.73 Å². The van der Waals surface area contributed by atoms with Gasteiger partial charge in [-0.15, -0.1) is 0 Å². The molecule has 0 heterocycles. The largest absolute Gasteiger partial charge is 0.385 e. The molecule has 0 rings (SSSR count). The zero-order valence-electron chi connectivity index (χ0n) is 9.08. The summed E-state index contributed by atoms with van der Waals surface area (Å²) in [7, 11) is 1.74. The van der Waals surface area contributed by atoms with Crippen LogP contribution in [-0.2, 0) is 4.74 Å². The molecule has 0 saturated carbocycles. The highest BCUT2D eigenvalue weighted by atomic mass is 32.2. The fourth-order valence-electron chi connectivity index (χ4n) is 1.05. The molecular formula is C10H23NOS. The number of nitrogens with two attached hydrogens (primary N) is 1. The summed E-state index contributed by atoms with van der Waals surface area (Å²) in [5, 5.41) is 0. The Kier molecular flexibility index (Phi) is 9.03. The van der Waals surface area contributed by atoms with E-state index >= 15 is 0 Å². The van der Waals surface area contributed by atoms with Crippen molar-refractivity contribution in [3.8, 4) is 0 Å². The van der Waals surface area contributed by atoms with Gasteiger partial charge in [0.2, 0.25) is 0 Å². The Bertz CT molecular complexity index is 111. The van der Waals surface area contributed by atoms with Gasteiger partial charge in [0.25, 0.3) is 0 Å². The maximum absolute atomic E-state index is 6.02. The van der Waals surface area contributed by atoms with Crippen molar-refractivity contribution in [3.05, 3.63) is 0 Å². The first-order chi connectivity index (χ1) is 6.22. The van der Waals surface area contributed by atoms with Gasteiger partial charge in [0.05, 0.1) is 0 Å². The molecular weight excluding hydrogens is 182 g/mol. The topological polar surface area (TPSA) is 35.2 Å². The standard InChI is InChI=1S/C10H23NOS/c1-4-7-13-8-10(11)9(2)5-6-12-3/h9-10H,4-8,11H2,1-3H3. The number of thioether (sulfide) groups is 1. The summed E-state index contributed by atoms with van der Waals surface area (Å²) in [5.41, 5.74) is 6.02. The van der Waals surface area contributed by atoms with Gasteiger partial charge < -0.3 is 10.5 Å². The van der Waals surface area contributed by atoms with E-state index in [1.807, 2.05) is 11.8 Å². The van der Waals surface area contributed by atoms with Gasteiger partial charge in [0, 0.05) is 25.5 Å². The number of methoxy groups -OCH3 is 1. The summed E-state index contributed by atoms with van der Waals surface area (Å²) < 4.78 is 5.03. The molecule has 0 aliphatic rings. The van der Waals surface area contributed by atoms with E-state index in [9.17, 15) is 0 Å². The van der Waals surface area contributed by atoms with Crippen LogP contribution in [0.1, 0.15) is 26.7 Å². The lowest BCUT2D eigenvalue weighted by molar-refractivity contribution is 0.176. The van der Waals surface area contributed by atoms with Crippen LogP contribution in [0.4, 0.5) is 0 Å². The molecule has 2 N–H and O–H groups in total. The van der Waals surface area contributed by atoms with Gasteiger partial charge >= 0.3 is 0 Å². The van der Waals surface area contributed by atoms with Gasteiger partial charge in [-0.2, -0.15) is 11.8 Å². The van der Waals surface area contributed by atoms with Crippen molar-refractivity contribution in [3.63, 3.8) is 0 Å². The van der Waals surface area contributed by atoms with Gasteiger partial charge in [-0.05, 0) is 24.5 Å². The minimum Gasteiger partial charge on any atom is -0.385 e. The highest BCUT2D eigenvalue weighted by molar-refractivity contribution is 7.99. The molecule has 80 valence electrons. The van der Waals surface area contributed by atoms with E-state index in [2.05, 4.69) is 13.8 Å². The van der Waals surface area contributed by atoms with Crippen molar-refractivity contribution in [2.75, 3.05) is 25.2 Å². The van der Waals surface area contributed by atoms with Gasteiger partial charge in [0.1, 0.15) is 0 Å². The molecule has 0 aromatic heterocycles. The molecule has 0 aromatic carbocycles. The summed E-state index contributed by atoms with van der Waals surface area (Å²) in [6.07, 6.45) is 2.31. The van der Waals surface area contributed by atoms with Gasteiger partial charge in [0.15, 0.2) is 0 Å². The Balaban J connectivity index is 3.38. The molecule has 0 radical (unpaired) electrons. The van der Waals surface area contributed by atoms with Crippen LogP contribution in [0.5, 0.6) is 0 Å². The first-order valence-electron chi connectivity index (χ1n) is 5.04. The van der Waals surface area contributed by atoms with Crippen molar-refractivity contribution in [2.45, 2.75) is 32.7 Å². The molecule has 0 amide bonds. The summed E-state index contributed by atoms with van der Waals surface area (Å²) in [6, 6.07) is 0.326. The highest BCUT2D eigenvalue weighted by Gasteiger charge is 2.11. The monoisotopic (exact) mass is 205 g/mol. The summed E-state index contributed by atoms with van der Waals surface area (Å²) >= 11 is 1.96. The van der Waals surface area contributed by atoms with E-state index in [0.29, 0.717) is 12.0 Å². The second-order valence-corrected chi connectivity index (χ2v) is 4.65. The normalized spacial score (nSPS) is 15.7. The SMILES string of the molecule is CCCSCC(N)C(C)CCOC. The maximum Gasteiger partial charge on any atom is 0.0465 e. The Labute approximate surface area is 86.6 Å². The first-order valence-corrected chi connectivity index (χ1v) is 6.20. The second-order valence-electron chi connectivity index (χ2n) is 3.50. The van der Waals surface area contributed by atoms with E-state index in [1.165, 1.54) is 12.2 Å². The molecule has 2 nitrogen and oxygen atoms in total. The lowest BCUT2D eigenvalue weighted by Gasteiger charge is -2.18. The number of hydrogen-bond donors (Lipinski definition) is 1. The summed E-state index contributed by atoms with van der Waals surface area (Å²) in [4.78, 5) is 0.